The number of hydrogen-bond donors (Lipinski definition) is 0. The second-order valence-electron chi connectivity index (χ2n) is 3.52. The van der Waals surface area contributed by atoms with Crippen molar-refractivity contribution < 1.29 is 19.1 Å². The summed E-state index contributed by atoms with van der Waals surface area (Å²) < 4.78 is 9.42. The van der Waals surface area contributed by atoms with Crippen molar-refractivity contribution in [3.8, 4) is 0 Å². The highest BCUT2D eigenvalue weighted by molar-refractivity contribution is 5.82. The summed E-state index contributed by atoms with van der Waals surface area (Å²) in [7, 11) is 1.32. The molecule has 0 N–H and O–H groups in total. The van der Waals surface area contributed by atoms with E-state index in [4.69, 9.17) is 4.74 Å². The standard InChI is InChI=1S/C9H15NO4/c1-6(2)7(8(11)13-3)10-4-5-14-9(10)12/h6-7H,4-5H2,1-3H3/t7-/m0/s1. The van der Waals surface area contributed by atoms with Gasteiger partial charge in [-0.05, 0) is 5.92 Å². The maximum atomic E-state index is 11.4. The van der Waals surface area contributed by atoms with Gasteiger partial charge in [0, 0.05) is 0 Å². The minimum atomic E-state index is -0.532. The van der Waals surface area contributed by atoms with Crippen molar-refractivity contribution in [2.45, 2.75) is 19.9 Å². The first-order chi connectivity index (χ1) is 6.57. The summed E-state index contributed by atoms with van der Waals surface area (Å²) in [6.45, 7) is 4.54. The van der Waals surface area contributed by atoms with Gasteiger partial charge in [-0.3, -0.25) is 4.90 Å². The highest BCUT2D eigenvalue weighted by Crippen LogP contribution is 2.16. The molecule has 0 saturated carbocycles. The Labute approximate surface area is 83.0 Å². The van der Waals surface area contributed by atoms with Gasteiger partial charge in [-0.25, -0.2) is 9.59 Å². The zero-order valence-corrected chi connectivity index (χ0v) is 8.65. The van der Waals surface area contributed by atoms with Crippen molar-refractivity contribution in [1.82, 2.24) is 4.90 Å². The fraction of sp³-hybridized carbons (Fsp3) is 0.778. The number of cyclic esters (lactones) is 1. The van der Waals surface area contributed by atoms with Gasteiger partial charge in [0.25, 0.3) is 0 Å². The van der Waals surface area contributed by atoms with Crippen LogP contribution in [0.1, 0.15) is 13.8 Å². The van der Waals surface area contributed by atoms with Crippen LogP contribution >= 0.6 is 0 Å². The van der Waals surface area contributed by atoms with Gasteiger partial charge in [0.15, 0.2) is 0 Å². The molecule has 5 heteroatoms. The SMILES string of the molecule is COC(=O)[C@H](C(C)C)N1CCOC1=O. The lowest BCUT2D eigenvalue weighted by Crippen LogP contribution is -2.45. The third-order valence-corrected chi connectivity index (χ3v) is 2.20. The summed E-state index contributed by atoms with van der Waals surface area (Å²) in [6, 6.07) is -0.532. The number of esters is 1. The summed E-state index contributed by atoms with van der Waals surface area (Å²) in [6.07, 6.45) is -0.436. The molecular weight excluding hydrogens is 186 g/mol. The van der Waals surface area contributed by atoms with Gasteiger partial charge in [0.1, 0.15) is 12.6 Å². The molecule has 5 nitrogen and oxygen atoms in total. The Morgan fingerprint density at radius 3 is 2.57 bits per heavy atom. The van der Waals surface area contributed by atoms with Gasteiger partial charge in [-0.2, -0.15) is 0 Å². The van der Waals surface area contributed by atoms with E-state index in [1.807, 2.05) is 13.8 Å². The van der Waals surface area contributed by atoms with Gasteiger partial charge in [0.2, 0.25) is 0 Å². The molecule has 0 bridgehead atoms. The van der Waals surface area contributed by atoms with E-state index in [1.54, 1.807) is 0 Å². The second-order valence-corrected chi connectivity index (χ2v) is 3.52. The Morgan fingerprint density at radius 1 is 1.57 bits per heavy atom. The molecule has 1 aliphatic rings. The quantitative estimate of drug-likeness (QED) is 0.629. The van der Waals surface area contributed by atoms with E-state index in [9.17, 15) is 9.59 Å². The topological polar surface area (TPSA) is 55.8 Å². The van der Waals surface area contributed by atoms with Crippen LogP contribution in [-0.2, 0) is 14.3 Å². The van der Waals surface area contributed by atoms with Crippen LogP contribution in [0.4, 0.5) is 4.79 Å². The molecule has 1 saturated heterocycles. The maximum Gasteiger partial charge on any atom is 0.410 e. The highest BCUT2D eigenvalue weighted by Gasteiger charge is 2.37. The number of hydrogen-bond acceptors (Lipinski definition) is 4. The lowest BCUT2D eigenvalue weighted by molar-refractivity contribution is -0.147. The molecule has 1 amide bonds. The molecule has 0 aromatic carbocycles. The number of ether oxygens (including phenoxy) is 2. The predicted octanol–water partition coefficient (Wildman–Crippen LogP) is 0.636. The molecule has 1 heterocycles. The van der Waals surface area contributed by atoms with Crippen molar-refractivity contribution in [2.75, 3.05) is 20.3 Å². The van der Waals surface area contributed by atoms with E-state index in [0.29, 0.717) is 13.2 Å². The molecule has 0 radical (unpaired) electrons. The zero-order valence-electron chi connectivity index (χ0n) is 8.65. The monoisotopic (exact) mass is 201 g/mol. The average Bonchev–Trinajstić information content (AvgIpc) is 2.52. The van der Waals surface area contributed by atoms with Crippen LogP contribution in [0.25, 0.3) is 0 Å². The average molecular weight is 201 g/mol. The first-order valence-electron chi connectivity index (χ1n) is 4.59. The number of carbonyl (C=O) groups excluding carboxylic acids is 2. The molecule has 1 rings (SSSR count). The van der Waals surface area contributed by atoms with Gasteiger partial charge < -0.3 is 9.47 Å². The molecule has 0 unspecified atom stereocenters. The fourth-order valence-electron chi connectivity index (χ4n) is 1.54. The third-order valence-electron chi connectivity index (χ3n) is 2.20. The smallest absolute Gasteiger partial charge is 0.410 e. The van der Waals surface area contributed by atoms with E-state index >= 15 is 0 Å². The molecule has 0 spiro atoms. The summed E-state index contributed by atoms with van der Waals surface area (Å²) in [5, 5.41) is 0. The number of amides is 1. The molecule has 14 heavy (non-hydrogen) atoms. The predicted molar refractivity (Wildman–Crippen MR) is 48.7 cm³/mol. The lowest BCUT2D eigenvalue weighted by atomic mass is 10.0. The molecule has 0 aromatic rings. The third kappa shape index (κ3) is 1.97. The first kappa shape index (κ1) is 10.8. The van der Waals surface area contributed by atoms with Crippen molar-refractivity contribution in [2.24, 2.45) is 5.92 Å². The number of carbonyl (C=O) groups is 2. The van der Waals surface area contributed by atoms with Crippen LogP contribution in [-0.4, -0.2) is 43.3 Å². The van der Waals surface area contributed by atoms with E-state index in [1.165, 1.54) is 12.0 Å². The molecule has 0 aromatic heterocycles. The van der Waals surface area contributed by atoms with Gasteiger partial charge in [-0.15, -0.1) is 0 Å². The Balaban J connectivity index is 2.76. The van der Waals surface area contributed by atoms with Gasteiger partial charge >= 0.3 is 12.1 Å². The largest absolute Gasteiger partial charge is 0.467 e. The van der Waals surface area contributed by atoms with E-state index in [0.717, 1.165) is 0 Å². The van der Waals surface area contributed by atoms with Crippen LogP contribution in [0.3, 0.4) is 0 Å². The van der Waals surface area contributed by atoms with Crippen molar-refractivity contribution >= 4 is 12.1 Å². The minimum absolute atomic E-state index is 0.0214. The maximum absolute atomic E-state index is 11.4. The van der Waals surface area contributed by atoms with Crippen LogP contribution in [0.5, 0.6) is 0 Å². The minimum Gasteiger partial charge on any atom is -0.467 e. The van der Waals surface area contributed by atoms with Crippen LogP contribution in [0.2, 0.25) is 0 Å². The summed E-state index contributed by atoms with van der Waals surface area (Å²) in [5.74, 6) is -0.369. The molecular formula is C9H15NO4. The van der Waals surface area contributed by atoms with Crippen LogP contribution < -0.4 is 0 Å². The first-order valence-corrected chi connectivity index (χ1v) is 4.59. The molecule has 80 valence electrons. The Bertz CT molecular complexity index is 239. The Morgan fingerprint density at radius 2 is 2.21 bits per heavy atom. The Hall–Kier alpha value is -1.26. The van der Waals surface area contributed by atoms with Gasteiger partial charge in [0.05, 0.1) is 13.7 Å². The fourth-order valence-corrected chi connectivity index (χ4v) is 1.54. The van der Waals surface area contributed by atoms with Crippen molar-refractivity contribution in [1.29, 1.82) is 0 Å². The molecule has 0 aliphatic carbocycles. The lowest BCUT2D eigenvalue weighted by Gasteiger charge is -2.26. The van der Waals surface area contributed by atoms with Crippen molar-refractivity contribution in [3.05, 3.63) is 0 Å². The number of methoxy groups -OCH3 is 1. The number of rotatable bonds is 3. The van der Waals surface area contributed by atoms with E-state index in [2.05, 4.69) is 4.74 Å². The molecule has 1 aliphatic heterocycles. The van der Waals surface area contributed by atoms with E-state index in [-0.39, 0.29) is 11.9 Å². The molecule has 1 fully saturated rings. The van der Waals surface area contributed by atoms with Crippen molar-refractivity contribution in [3.63, 3.8) is 0 Å². The number of nitrogens with zero attached hydrogens (tertiary/aromatic N) is 1. The summed E-state index contributed by atoms with van der Waals surface area (Å²) in [5.41, 5.74) is 0. The normalized spacial score (nSPS) is 18.3. The summed E-state index contributed by atoms with van der Waals surface area (Å²) in [4.78, 5) is 24.1. The molecule has 1 atom stereocenters. The van der Waals surface area contributed by atoms with Crippen LogP contribution in [0, 0.1) is 5.92 Å². The Kier molecular flexibility index (Phi) is 3.33. The van der Waals surface area contributed by atoms with Crippen LogP contribution in [0.15, 0.2) is 0 Å². The summed E-state index contributed by atoms with van der Waals surface area (Å²) >= 11 is 0. The zero-order chi connectivity index (χ0) is 10.7. The van der Waals surface area contributed by atoms with Gasteiger partial charge in [-0.1, -0.05) is 13.8 Å². The van der Waals surface area contributed by atoms with E-state index < -0.39 is 12.1 Å². The second kappa shape index (κ2) is 4.30. The highest BCUT2D eigenvalue weighted by atomic mass is 16.6.